The minimum absolute atomic E-state index is 0.133. The number of carbonyl (C=O) groups excluding carboxylic acids is 3. The lowest BCUT2D eigenvalue weighted by molar-refractivity contribution is -0.141. The predicted octanol–water partition coefficient (Wildman–Crippen LogP) is 0.629. The van der Waals surface area contributed by atoms with Gasteiger partial charge in [0.1, 0.15) is 5.92 Å². The van der Waals surface area contributed by atoms with Crippen molar-refractivity contribution in [2.75, 3.05) is 13.1 Å². The molecule has 1 aromatic rings. The summed E-state index contributed by atoms with van der Waals surface area (Å²) in [5.41, 5.74) is 2.28. The summed E-state index contributed by atoms with van der Waals surface area (Å²) in [6, 6.07) is 8.98. The maximum atomic E-state index is 12.2. The molecule has 0 saturated carbocycles. The number of carbonyl (C=O) groups is 3. The molecule has 0 radical (unpaired) electrons. The van der Waals surface area contributed by atoms with Gasteiger partial charge in [-0.05, 0) is 24.3 Å². The molecule has 0 spiro atoms. The number of hydroxylamine groups is 1. The minimum Gasteiger partial charge on any atom is -0.355 e. The van der Waals surface area contributed by atoms with Crippen LogP contribution in [0, 0.1) is 11.8 Å². The van der Waals surface area contributed by atoms with Crippen LogP contribution in [0.3, 0.4) is 0 Å². The van der Waals surface area contributed by atoms with Gasteiger partial charge in [0.15, 0.2) is 0 Å². The van der Waals surface area contributed by atoms with E-state index in [2.05, 4.69) is 24.5 Å². The predicted molar refractivity (Wildman–Crippen MR) is 89.0 cm³/mol. The highest BCUT2D eigenvalue weighted by Gasteiger charge is 2.27. The fourth-order valence-electron chi connectivity index (χ4n) is 2.09. The van der Waals surface area contributed by atoms with E-state index in [1.54, 1.807) is 24.3 Å². The minimum atomic E-state index is -1.11. The van der Waals surface area contributed by atoms with E-state index in [1.807, 2.05) is 6.07 Å². The Labute approximate surface area is 141 Å². The third-order valence-electron chi connectivity index (χ3n) is 3.49. The smallest absolute Gasteiger partial charge is 0.256 e. The van der Waals surface area contributed by atoms with Crippen LogP contribution in [0.25, 0.3) is 0 Å². The molecular formula is C17H25N3O4. The molecule has 0 fully saturated rings. The summed E-state index contributed by atoms with van der Waals surface area (Å²) >= 11 is 0. The maximum absolute atomic E-state index is 12.2. The average molecular weight is 335 g/mol. The van der Waals surface area contributed by atoms with Crippen LogP contribution in [0.5, 0.6) is 0 Å². The standard InChI is InChI=1S/C17H25N3O4/c1-12(2)8-9-18-15(21)11-19-16(22)14(17(23)20-24)10-13-6-4-3-5-7-13/h3-7,12,14,24H,8-11H2,1-2H3,(H,18,21)(H,19,22)(H,20,23). The van der Waals surface area contributed by atoms with Gasteiger partial charge in [0, 0.05) is 6.54 Å². The molecule has 0 aromatic heterocycles. The van der Waals surface area contributed by atoms with Crippen LogP contribution in [0.2, 0.25) is 0 Å². The van der Waals surface area contributed by atoms with Gasteiger partial charge in [0.25, 0.3) is 5.91 Å². The molecule has 24 heavy (non-hydrogen) atoms. The first kappa shape index (κ1) is 19.6. The third kappa shape index (κ3) is 7.23. The monoisotopic (exact) mass is 335 g/mol. The van der Waals surface area contributed by atoms with E-state index in [1.165, 1.54) is 5.48 Å². The van der Waals surface area contributed by atoms with Crippen molar-refractivity contribution in [3.05, 3.63) is 35.9 Å². The molecule has 0 saturated heterocycles. The molecule has 0 aliphatic rings. The van der Waals surface area contributed by atoms with Crippen molar-refractivity contribution < 1.29 is 19.6 Å². The number of rotatable bonds is 9. The Kier molecular flexibility index (Phi) is 8.49. The molecule has 1 rings (SSSR count). The van der Waals surface area contributed by atoms with Crippen LogP contribution in [0.15, 0.2) is 30.3 Å². The van der Waals surface area contributed by atoms with Crippen LogP contribution in [-0.2, 0) is 20.8 Å². The van der Waals surface area contributed by atoms with Crippen LogP contribution in [0.4, 0.5) is 0 Å². The SMILES string of the molecule is CC(C)CCNC(=O)CNC(=O)C(Cc1ccccc1)C(=O)NO. The Morgan fingerprint density at radius 2 is 1.71 bits per heavy atom. The molecule has 7 nitrogen and oxygen atoms in total. The molecule has 7 heteroatoms. The zero-order chi connectivity index (χ0) is 17.9. The van der Waals surface area contributed by atoms with Gasteiger partial charge in [-0.15, -0.1) is 0 Å². The van der Waals surface area contributed by atoms with Crippen LogP contribution in [-0.4, -0.2) is 36.0 Å². The molecule has 1 atom stereocenters. The van der Waals surface area contributed by atoms with E-state index in [9.17, 15) is 14.4 Å². The Hall–Kier alpha value is -2.41. The Morgan fingerprint density at radius 3 is 2.29 bits per heavy atom. The highest BCUT2D eigenvalue weighted by molar-refractivity contribution is 6.01. The summed E-state index contributed by atoms with van der Waals surface area (Å²) in [6.07, 6.45) is 0.983. The third-order valence-corrected chi connectivity index (χ3v) is 3.49. The normalized spacial score (nSPS) is 11.7. The summed E-state index contributed by atoms with van der Waals surface area (Å²) < 4.78 is 0. The largest absolute Gasteiger partial charge is 0.355 e. The van der Waals surface area contributed by atoms with Gasteiger partial charge < -0.3 is 10.6 Å². The van der Waals surface area contributed by atoms with Gasteiger partial charge in [-0.2, -0.15) is 0 Å². The maximum Gasteiger partial charge on any atom is 0.256 e. The number of nitrogens with one attached hydrogen (secondary N) is 3. The molecule has 4 N–H and O–H groups in total. The fourth-order valence-corrected chi connectivity index (χ4v) is 2.09. The van der Waals surface area contributed by atoms with Crippen molar-refractivity contribution in [1.82, 2.24) is 16.1 Å². The van der Waals surface area contributed by atoms with E-state index >= 15 is 0 Å². The van der Waals surface area contributed by atoms with Crippen LogP contribution >= 0.6 is 0 Å². The van der Waals surface area contributed by atoms with Crippen LogP contribution < -0.4 is 16.1 Å². The number of hydrogen-bond acceptors (Lipinski definition) is 4. The molecule has 132 valence electrons. The Balaban J connectivity index is 2.53. The van der Waals surface area contributed by atoms with Gasteiger partial charge >= 0.3 is 0 Å². The fraction of sp³-hybridized carbons (Fsp3) is 0.471. The molecule has 0 aliphatic carbocycles. The number of benzene rings is 1. The average Bonchev–Trinajstić information content (AvgIpc) is 2.57. The number of amides is 3. The van der Waals surface area contributed by atoms with E-state index in [0.717, 1.165) is 12.0 Å². The lowest BCUT2D eigenvalue weighted by Gasteiger charge is -2.15. The van der Waals surface area contributed by atoms with Crippen molar-refractivity contribution in [2.45, 2.75) is 26.7 Å². The van der Waals surface area contributed by atoms with Gasteiger partial charge in [0.2, 0.25) is 11.8 Å². The van der Waals surface area contributed by atoms with Gasteiger partial charge in [-0.25, -0.2) is 5.48 Å². The molecular weight excluding hydrogens is 310 g/mol. The van der Waals surface area contributed by atoms with Crippen molar-refractivity contribution >= 4 is 17.7 Å². The lowest BCUT2D eigenvalue weighted by atomic mass is 9.98. The Bertz CT molecular complexity index is 546. The van der Waals surface area contributed by atoms with Crippen molar-refractivity contribution in [2.24, 2.45) is 11.8 Å². The summed E-state index contributed by atoms with van der Waals surface area (Å²) in [5.74, 6) is -2.36. The first-order valence-corrected chi connectivity index (χ1v) is 7.96. The van der Waals surface area contributed by atoms with Gasteiger partial charge in [-0.3, -0.25) is 19.6 Å². The summed E-state index contributed by atoms with van der Waals surface area (Å²) in [4.78, 5) is 35.6. The molecule has 0 aliphatic heterocycles. The zero-order valence-electron chi connectivity index (χ0n) is 14.0. The molecule has 1 unspecified atom stereocenters. The number of hydrogen-bond donors (Lipinski definition) is 4. The van der Waals surface area contributed by atoms with E-state index in [-0.39, 0.29) is 18.9 Å². The zero-order valence-corrected chi connectivity index (χ0v) is 14.0. The summed E-state index contributed by atoms with van der Waals surface area (Å²) in [5, 5.41) is 13.9. The van der Waals surface area contributed by atoms with Gasteiger partial charge in [-0.1, -0.05) is 44.2 Å². The summed E-state index contributed by atoms with van der Waals surface area (Å²) in [6.45, 7) is 4.43. The van der Waals surface area contributed by atoms with Crippen molar-refractivity contribution in [3.8, 4) is 0 Å². The van der Waals surface area contributed by atoms with E-state index in [0.29, 0.717) is 12.5 Å². The quantitative estimate of drug-likeness (QED) is 0.301. The van der Waals surface area contributed by atoms with Crippen molar-refractivity contribution in [3.63, 3.8) is 0 Å². The second-order valence-electron chi connectivity index (χ2n) is 5.97. The van der Waals surface area contributed by atoms with Gasteiger partial charge in [0.05, 0.1) is 6.54 Å². The molecule has 1 aromatic carbocycles. The second-order valence-corrected chi connectivity index (χ2v) is 5.97. The van der Waals surface area contributed by atoms with E-state index < -0.39 is 17.7 Å². The van der Waals surface area contributed by atoms with E-state index in [4.69, 9.17) is 5.21 Å². The van der Waals surface area contributed by atoms with Crippen molar-refractivity contribution in [1.29, 1.82) is 0 Å². The first-order valence-electron chi connectivity index (χ1n) is 7.96. The molecule has 0 bridgehead atoms. The lowest BCUT2D eigenvalue weighted by Crippen LogP contribution is -2.45. The topological polar surface area (TPSA) is 108 Å². The summed E-state index contributed by atoms with van der Waals surface area (Å²) in [7, 11) is 0. The first-order chi connectivity index (χ1) is 11.4. The van der Waals surface area contributed by atoms with Crippen LogP contribution in [0.1, 0.15) is 25.8 Å². The molecule has 3 amide bonds. The Morgan fingerprint density at radius 1 is 1.04 bits per heavy atom. The highest BCUT2D eigenvalue weighted by atomic mass is 16.5. The highest BCUT2D eigenvalue weighted by Crippen LogP contribution is 2.09. The second kappa shape index (κ2) is 10.4. The molecule has 0 heterocycles.